The van der Waals surface area contributed by atoms with Gasteiger partial charge in [0.2, 0.25) is 0 Å². The first-order valence-electron chi connectivity index (χ1n) is 7.42. The molecule has 1 fully saturated rings. The summed E-state index contributed by atoms with van der Waals surface area (Å²) in [6.45, 7) is 0. The third kappa shape index (κ3) is 2.29. The first kappa shape index (κ1) is 14.9. The molecule has 5 nitrogen and oxygen atoms in total. The molecule has 4 rings (SSSR count). The van der Waals surface area contributed by atoms with Crippen molar-refractivity contribution < 1.29 is 17.7 Å². The largest absolute Gasteiger partial charge is 0.332 e. The van der Waals surface area contributed by atoms with Crippen LogP contribution < -0.4 is 0 Å². The Balaban J connectivity index is 1.69. The highest BCUT2D eigenvalue weighted by Crippen LogP contribution is 2.52. The highest BCUT2D eigenvalue weighted by atomic mass is 19.3. The van der Waals surface area contributed by atoms with Crippen LogP contribution in [-0.4, -0.2) is 19.9 Å². The monoisotopic (exact) mass is 334 g/mol. The van der Waals surface area contributed by atoms with E-state index in [1.165, 1.54) is 25.2 Å². The second-order valence-corrected chi connectivity index (χ2v) is 5.89. The van der Waals surface area contributed by atoms with Crippen LogP contribution in [0.1, 0.15) is 36.3 Å². The molecule has 0 bridgehead atoms. The summed E-state index contributed by atoms with van der Waals surface area (Å²) in [5.41, 5.74) is 0.284. The average Bonchev–Trinajstić information content (AvgIpc) is 3.02. The zero-order valence-electron chi connectivity index (χ0n) is 12.7. The topological polar surface area (TPSA) is 56.7 Å². The van der Waals surface area contributed by atoms with Gasteiger partial charge >= 0.3 is 0 Å². The summed E-state index contributed by atoms with van der Waals surface area (Å²) in [6, 6.07) is 7.52. The van der Waals surface area contributed by atoms with E-state index in [1.54, 1.807) is 6.07 Å². The Kier molecular flexibility index (Phi) is 3.22. The number of nitrogens with zero attached hydrogens (tertiary/aromatic N) is 4. The van der Waals surface area contributed by atoms with Crippen molar-refractivity contribution in [3.05, 3.63) is 53.2 Å². The van der Waals surface area contributed by atoms with Crippen LogP contribution in [0, 0.1) is 5.82 Å². The quantitative estimate of drug-likeness (QED) is 0.731. The first-order valence-corrected chi connectivity index (χ1v) is 7.42. The number of hydrogen-bond acceptors (Lipinski definition) is 4. The molecular formula is C16H13F3N4O. The van der Waals surface area contributed by atoms with E-state index in [2.05, 4.69) is 15.2 Å². The van der Waals surface area contributed by atoms with Crippen molar-refractivity contribution in [1.82, 2.24) is 19.9 Å². The molecule has 0 amide bonds. The van der Waals surface area contributed by atoms with Crippen molar-refractivity contribution in [3.63, 3.8) is 0 Å². The number of hydrogen-bond donors (Lipinski definition) is 0. The third-order valence-corrected chi connectivity index (χ3v) is 4.34. The van der Waals surface area contributed by atoms with Crippen molar-refractivity contribution in [2.75, 3.05) is 0 Å². The number of alkyl halides is 2. The van der Waals surface area contributed by atoms with E-state index < -0.39 is 11.8 Å². The van der Waals surface area contributed by atoms with Crippen molar-refractivity contribution in [2.45, 2.75) is 24.7 Å². The van der Waals surface area contributed by atoms with E-state index in [0.717, 1.165) is 23.1 Å². The van der Waals surface area contributed by atoms with Crippen LogP contribution in [0.5, 0.6) is 0 Å². The normalized spacial score (nSPS) is 15.9. The zero-order chi connectivity index (χ0) is 16.9. The number of aromatic nitrogens is 4. The molecule has 0 N–H and O–H groups in total. The molecule has 0 radical (unpaired) electrons. The molecule has 0 unspecified atom stereocenters. The molecule has 2 aromatic heterocycles. The lowest BCUT2D eigenvalue weighted by molar-refractivity contribution is 0.141. The van der Waals surface area contributed by atoms with Gasteiger partial charge in [0.05, 0.1) is 5.41 Å². The summed E-state index contributed by atoms with van der Waals surface area (Å²) in [5.74, 6) is 0.177. The lowest BCUT2D eigenvalue weighted by atomic mass is 9.95. The summed E-state index contributed by atoms with van der Waals surface area (Å²) < 4.78 is 45.5. The Morgan fingerprint density at radius 1 is 1.25 bits per heavy atom. The van der Waals surface area contributed by atoms with Crippen molar-refractivity contribution >= 4 is 0 Å². The minimum absolute atomic E-state index is 0.0789. The van der Waals surface area contributed by atoms with Crippen LogP contribution in [0.4, 0.5) is 13.2 Å². The van der Waals surface area contributed by atoms with E-state index in [-0.39, 0.29) is 23.1 Å². The molecule has 3 aromatic rings. The predicted octanol–water partition coefficient (Wildman–Crippen LogP) is 3.63. The van der Waals surface area contributed by atoms with E-state index in [1.807, 2.05) is 6.07 Å². The Labute approximate surface area is 135 Å². The summed E-state index contributed by atoms with van der Waals surface area (Å²) in [5, 5.41) is 7.96. The molecule has 2 heterocycles. The van der Waals surface area contributed by atoms with Crippen LogP contribution in [0.2, 0.25) is 0 Å². The summed E-state index contributed by atoms with van der Waals surface area (Å²) in [4.78, 5) is 4.31. The third-order valence-electron chi connectivity index (χ3n) is 4.34. The average molecular weight is 334 g/mol. The highest BCUT2D eigenvalue weighted by molar-refractivity contribution is 5.49. The van der Waals surface area contributed by atoms with Crippen molar-refractivity contribution in [1.29, 1.82) is 0 Å². The van der Waals surface area contributed by atoms with E-state index in [0.29, 0.717) is 5.82 Å². The van der Waals surface area contributed by atoms with Gasteiger partial charge in [0.25, 0.3) is 12.3 Å². The molecule has 8 heteroatoms. The van der Waals surface area contributed by atoms with Gasteiger partial charge in [0.1, 0.15) is 11.5 Å². The van der Waals surface area contributed by atoms with Gasteiger partial charge in [-0.2, -0.15) is 10.1 Å². The van der Waals surface area contributed by atoms with Gasteiger partial charge in [0.15, 0.2) is 11.5 Å². The smallest absolute Gasteiger partial charge is 0.280 e. The lowest BCUT2D eigenvalue weighted by Crippen LogP contribution is -2.11. The maximum Gasteiger partial charge on any atom is 0.280 e. The molecule has 0 aliphatic heterocycles. The van der Waals surface area contributed by atoms with Crippen LogP contribution in [-0.2, 0) is 12.5 Å². The lowest BCUT2D eigenvalue weighted by Gasteiger charge is -2.10. The molecule has 1 aliphatic rings. The van der Waals surface area contributed by atoms with E-state index in [4.69, 9.17) is 4.52 Å². The SMILES string of the molecule is Cn1nc(-c2nc(C3(c4cccc(F)c4)CC3)no2)cc1C(F)F. The predicted molar refractivity (Wildman–Crippen MR) is 77.9 cm³/mol. The molecule has 0 saturated heterocycles. The molecule has 1 aliphatic carbocycles. The Morgan fingerprint density at radius 3 is 2.67 bits per heavy atom. The Morgan fingerprint density at radius 2 is 2.04 bits per heavy atom. The highest BCUT2D eigenvalue weighted by Gasteiger charge is 2.50. The van der Waals surface area contributed by atoms with Gasteiger partial charge in [-0.25, -0.2) is 13.2 Å². The molecular weight excluding hydrogens is 321 g/mol. The summed E-state index contributed by atoms with van der Waals surface area (Å²) >= 11 is 0. The van der Waals surface area contributed by atoms with Crippen molar-refractivity contribution in [3.8, 4) is 11.6 Å². The Bertz CT molecular complexity index is 898. The summed E-state index contributed by atoms with van der Waals surface area (Å²) in [7, 11) is 1.43. The van der Waals surface area contributed by atoms with Gasteiger partial charge in [-0.3, -0.25) is 4.68 Å². The van der Waals surface area contributed by atoms with Crippen LogP contribution in [0.25, 0.3) is 11.6 Å². The van der Waals surface area contributed by atoms with Crippen LogP contribution in [0.15, 0.2) is 34.9 Å². The van der Waals surface area contributed by atoms with E-state index >= 15 is 0 Å². The van der Waals surface area contributed by atoms with E-state index in [9.17, 15) is 13.2 Å². The van der Waals surface area contributed by atoms with Gasteiger partial charge in [-0.05, 0) is 36.6 Å². The number of aryl methyl sites for hydroxylation is 1. The molecule has 24 heavy (non-hydrogen) atoms. The second kappa shape index (κ2) is 5.19. The van der Waals surface area contributed by atoms with Crippen molar-refractivity contribution in [2.24, 2.45) is 7.05 Å². The first-order chi connectivity index (χ1) is 11.5. The summed E-state index contributed by atoms with van der Waals surface area (Å²) in [6.07, 6.45) is -1.08. The fourth-order valence-electron chi connectivity index (χ4n) is 2.86. The van der Waals surface area contributed by atoms with Gasteiger partial charge in [-0.1, -0.05) is 17.3 Å². The fourth-order valence-corrected chi connectivity index (χ4v) is 2.86. The number of rotatable bonds is 4. The fraction of sp³-hybridized carbons (Fsp3) is 0.312. The minimum atomic E-state index is -2.64. The maximum absolute atomic E-state index is 13.5. The van der Waals surface area contributed by atoms with Gasteiger partial charge in [-0.15, -0.1) is 0 Å². The molecule has 1 aromatic carbocycles. The van der Waals surface area contributed by atoms with Gasteiger partial charge in [0, 0.05) is 7.05 Å². The van der Waals surface area contributed by atoms with Gasteiger partial charge < -0.3 is 4.52 Å². The zero-order valence-corrected chi connectivity index (χ0v) is 12.7. The second-order valence-electron chi connectivity index (χ2n) is 5.89. The molecule has 0 spiro atoms. The number of halogens is 3. The maximum atomic E-state index is 13.5. The minimum Gasteiger partial charge on any atom is -0.332 e. The van der Waals surface area contributed by atoms with Crippen LogP contribution >= 0.6 is 0 Å². The standard InChI is InChI=1S/C16H13F3N4O/c1-23-12(13(18)19)8-11(21-23)14-20-15(22-24-14)16(5-6-16)9-3-2-4-10(17)7-9/h2-4,7-8,13H,5-6H2,1H3. The number of benzene rings is 1. The molecule has 124 valence electrons. The Hall–Kier alpha value is -2.64. The molecule has 0 atom stereocenters. The van der Waals surface area contributed by atoms with Crippen LogP contribution in [0.3, 0.4) is 0 Å². The molecule has 1 saturated carbocycles.